The normalized spacial score (nSPS) is 15.4. The van der Waals surface area contributed by atoms with Crippen LogP contribution in [0.2, 0.25) is 0 Å². The molecule has 1 amide bonds. The predicted octanol–water partition coefficient (Wildman–Crippen LogP) is 2.25. The van der Waals surface area contributed by atoms with Crippen LogP contribution in [0.1, 0.15) is 35.1 Å². The van der Waals surface area contributed by atoms with Crippen molar-refractivity contribution in [3.63, 3.8) is 0 Å². The third kappa shape index (κ3) is 3.33. The Morgan fingerprint density at radius 3 is 3.00 bits per heavy atom. The number of piperidine rings is 1. The number of aromatic nitrogens is 4. The number of carbonyl (C=O) groups excluding carboxylic acids is 1. The zero-order chi connectivity index (χ0) is 17.2. The first-order chi connectivity index (χ1) is 12.2. The number of rotatable bonds is 4. The molecular weight excluding hydrogens is 340 g/mol. The molecule has 2 N–H and O–H groups in total. The average Bonchev–Trinajstić information content (AvgIpc) is 3.36. The Hall–Kier alpha value is -2.52. The van der Waals surface area contributed by atoms with E-state index in [1.165, 1.54) is 11.3 Å². The molecule has 9 heteroatoms. The monoisotopic (exact) mass is 358 g/mol. The van der Waals surface area contributed by atoms with E-state index in [4.69, 9.17) is 4.42 Å². The van der Waals surface area contributed by atoms with Gasteiger partial charge in [0.05, 0.1) is 6.26 Å². The first kappa shape index (κ1) is 16.0. The molecule has 0 bridgehead atoms. The number of hydrogen-bond donors (Lipinski definition) is 2. The number of carbonyl (C=O) groups is 1. The molecule has 0 saturated carbocycles. The fourth-order valence-electron chi connectivity index (χ4n) is 2.83. The molecule has 0 spiro atoms. The Bertz CT molecular complexity index is 863. The standard InChI is InChI=1S/C16H18N6O2S/c1-22-16(19-13(21-22)10-2-5-17-6-3-10)20-14(23)12-9-25-15(18-12)11-4-7-24-8-11/h4,7-10,17H,2-3,5-6H2,1H3,(H,19,20,21,23). The molecule has 4 heterocycles. The summed E-state index contributed by atoms with van der Waals surface area (Å²) >= 11 is 1.40. The van der Waals surface area contributed by atoms with Gasteiger partial charge in [0.25, 0.3) is 5.91 Å². The molecule has 4 rings (SSSR count). The highest BCUT2D eigenvalue weighted by atomic mass is 32.1. The number of thiazole rings is 1. The second-order valence-electron chi connectivity index (χ2n) is 5.95. The Morgan fingerprint density at radius 2 is 2.24 bits per heavy atom. The van der Waals surface area contributed by atoms with E-state index in [2.05, 4.69) is 25.7 Å². The van der Waals surface area contributed by atoms with Crippen molar-refractivity contribution in [1.82, 2.24) is 25.1 Å². The van der Waals surface area contributed by atoms with Gasteiger partial charge in [-0.1, -0.05) is 0 Å². The van der Waals surface area contributed by atoms with Gasteiger partial charge in [-0.2, -0.15) is 10.1 Å². The molecule has 3 aromatic heterocycles. The lowest BCUT2D eigenvalue weighted by molar-refractivity contribution is 0.102. The fourth-order valence-corrected chi connectivity index (χ4v) is 3.61. The van der Waals surface area contributed by atoms with Crippen LogP contribution < -0.4 is 10.6 Å². The summed E-state index contributed by atoms with van der Waals surface area (Å²) in [4.78, 5) is 21.3. The third-order valence-corrected chi connectivity index (χ3v) is 5.11. The van der Waals surface area contributed by atoms with E-state index in [9.17, 15) is 4.79 Å². The maximum Gasteiger partial charge on any atom is 0.277 e. The topological polar surface area (TPSA) is 97.9 Å². The van der Waals surface area contributed by atoms with Crippen LogP contribution in [0.4, 0.5) is 5.95 Å². The molecule has 1 aliphatic rings. The SMILES string of the molecule is Cn1nc(C2CCNCC2)nc1NC(=O)c1csc(-c2ccoc2)n1. The lowest BCUT2D eigenvalue weighted by Crippen LogP contribution is -2.27. The number of nitrogens with zero attached hydrogens (tertiary/aromatic N) is 4. The minimum Gasteiger partial charge on any atom is -0.472 e. The van der Waals surface area contributed by atoms with Crippen LogP contribution in [-0.4, -0.2) is 38.7 Å². The molecular formula is C16H18N6O2S. The van der Waals surface area contributed by atoms with Crippen LogP contribution >= 0.6 is 11.3 Å². The summed E-state index contributed by atoms with van der Waals surface area (Å²) in [5.74, 6) is 1.27. The highest BCUT2D eigenvalue weighted by Crippen LogP contribution is 2.25. The fraction of sp³-hybridized carbons (Fsp3) is 0.375. The molecule has 0 radical (unpaired) electrons. The van der Waals surface area contributed by atoms with E-state index in [1.54, 1.807) is 29.6 Å². The number of nitrogens with one attached hydrogen (secondary N) is 2. The Morgan fingerprint density at radius 1 is 1.40 bits per heavy atom. The zero-order valence-corrected chi connectivity index (χ0v) is 14.5. The number of hydrogen-bond acceptors (Lipinski definition) is 7. The highest BCUT2D eigenvalue weighted by molar-refractivity contribution is 7.13. The summed E-state index contributed by atoms with van der Waals surface area (Å²) in [7, 11) is 1.78. The molecule has 1 saturated heterocycles. The van der Waals surface area contributed by atoms with E-state index >= 15 is 0 Å². The second-order valence-corrected chi connectivity index (χ2v) is 6.80. The van der Waals surface area contributed by atoms with Crippen molar-refractivity contribution in [2.45, 2.75) is 18.8 Å². The molecule has 130 valence electrons. The molecule has 1 fully saturated rings. The van der Waals surface area contributed by atoms with Crippen LogP contribution in [-0.2, 0) is 7.05 Å². The van der Waals surface area contributed by atoms with Gasteiger partial charge in [0.1, 0.15) is 17.0 Å². The molecule has 8 nitrogen and oxygen atoms in total. The quantitative estimate of drug-likeness (QED) is 0.742. The van der Waals surface area contributed by atoms with E-state index in [-0.39, 0.29) is 5.91 Å². The van der Waals surface area contributed by atoms with Gasteiger partial charge in [-0.15, -0.1) is 11.3 Å². The van der Waals surface area contributed by atoms with Crippen LogP contribution in [0, 0.1) is 0 Å². The van der Waals surface area contributed by atoms with Gasteiger partial charge < -0.3 is 9.73 Å². The minimum atomic E-state index is -0.293. The Balaban J connectivity index is 1.48. The van der Waals surface area contributed by atoms with Gasteiger partial charge in [0, 0.05) is 23.9 Å². The van der Waals surface area contributed by atoms with Gasteiger partial charge in [-0.25, -0.2) is 9.67 Å². The average molecular weight is 358 g/mol. The number of anilines is 1. The molecule has 25 heavy (non-hydrogen) atoms. The van der Waals surface area contributed by atoms with Gasteiger partial charge >= 0.3 is 0 Å². The molecule has 0 aliphatic carbocycles. The Kier molecular flexibility index (Phi) is 4.33. The van der Waals surface area contributed by atoms with Crippen LogP contribution in [0.3, 0.4) is 0 Å². The first-order valence-corrected chi connectivity index (χ1v) is 9.00. The molecule has 3 aromatic rings. The summed E-state index contributed by atoms with van der Waals surface area (Å²) in [6, 6.07) is 1.81. The zero-order valence-electron chi connectivity index (χ0n) is 13.7. The summed E-state index contributed by atoms with van der Waals surface area (Å²) in [6.07, 6.45) is 5.21. The van der Waals surface area contributed by atoms with Gasteiger partial charge in [-0.05, 0) is 32.0 Å². The Labute approximate surface area is 148 Å². The van der Waals surface area contributed by atoms with Crippen molar-refractivity contribution in [1.29, 1.82) is 0 Å². The van der Waals surface area contributed by atoms with Crippen molar-refractivity contribution < 1.29 is 9.21 Å². The highest BCUT2D eigenvalue weighted by Gasteiger charge is 2.22. The van der Waals surface area contributed by atoms with E-state index < -0.39 is 0 Å². The van der Waals surface area contributed by atoms with Gasteiger partial charge in [0.2, 0.25) is 5.95 Å². The molecule has 0 unspecified atom stereocenters. The summed E-state index contributed by atoms with van der Waals surface area (Å²) in [5.41, 5.74) is 1.21. The largest absolute Gasteiger partial charge is 0.472 e. The molecule has 0 atom stereocenters. The third-order valence-electron chi connectivity index (χ3n) is 4.21. The van der Waals surface area contributed by atoms with Gasteiger partial charge in [-0.3, -0.25) is 10.1 Å². The van der Waals surface area contributed by atoms with Crippen molar-refractivity contribution in [2.24, 2.45) is 7.05 Å². The summed E-state index contributed by atoms with van der Waals surface area (Å²) < 4.78 is 6.66. The van der Waals surface area contributed by atoms with E-state index in [1.807, 2.05) is 6.07 Å². The van der Waals surface area contributed by atoms with E-state index in [0.29, 0.717) is 17.6 Å². The van der Waals surface area contributed by atoms with Crippen molar-refractivity contribution in [3.05, 3.63) is 35.5 Å². The van der Waals surface area contributed by atoms with Crippen molar-refractivity contribution >= 4 is 23.2 Å². The smallest absolute Gasteiger partial charge is 0.277 e. The maximum absolute atomic E-state index is 12.5. The number of furan rings is 1. The van der Waals surface area contributed by atoms with Crippen LogP contribution in [0.5, 0.6) is 0 Å². The number of amides is 1. The van der Waals surface area contributed by atoms with Crippen LogP contribution in [0.15, 0.2) is 28.4 Å². The van der Waals surface area contributed by atoms with Crippen molar-refractivity contribution in [2.75, 3.05) is 18.4 Å². The predicted molar refractivity (Wildman–Crippen MR) is 93.6 cm³/mol. The molecule has 1 aliphatic heterocycles. The maximum atomic E-state index is 12.5. The second kappa shape index (κ2) is 6.77. The van der Waals surface area contributed by atoms with Crippen LogP contribution in [0.25, 0.3) is 10.6 Å². The number of aryl methyl sites for hydroxylation is 1. The lowest BCUT2D eigenvalue weighted by atomic mass is 9.98. The van der Waals surface area contributed by atoms with Crippen molar-refractivity contribution in [3.8, 4) is 10.6 Å². The lowest BCUT2D eigenvalue weighted by Gasteiger charge is -2.19. The first-order valence-electron chi connectivity index (χ1n) is 8.12. The van der Waals surface area contributed by atoms with Gasteiger partial charge in [0.15, 0.2) is 5.82 Å². The molecule has 0 aromatic carbocycles. The summed E-state index contributed by atoms with van der Waals surface area (Å²) in [6.45, 7) is 1.94. The van der Waals surface area contributed by atoms with E-state index in [0.717, 1.165) is 42.3 Å². The minimum absolute atomic E-state index is 0.293. The summed E-state index contributed by atoms with van der Waals surface area (Å²) in [5, 5.41) is 13.1.